The van der Waals surface area contributed by atoms with Gasteiger partial charge in [-0.15, -0.1) is 0 Å². The molecule has 0 saturated carbocycles. The molecule has 0 aliphatic carbocycles. The van der Waals surface area contributed by atoms with Crippen molar-refractivity contribution in [2.45, 2.75) is 45.2 Å². The van der Waals surface area contributed by atoms with Crippen molar-refractivity contribution in [2.24, 2.45) is 11.7 Å². The minimum atomic E-state index is -4.60. The van der Waals surface area contributed by atoms with E-state index in [4.69, 9.17) is 5.73 Å². The van der Waals surface area contributed by atoms with Crippen LogP contribution in [0.5, 0.6) is 0 Å². The van der Waals surface area contributed by atoms with E-state index in [-0.39, 0.29) is 49.0 Å². The van der Waals surface area contributed by atoms with Crippen LogP contribution in [0.15, 0.2) is 12.1 Å². The SMILES string of the molecule is CC(C)CN(CC(F)(F)F)C(=O)Cn1c(N2CC[C@@H](F)[C@H](N)C2)nc2cc(F)c(F)cc21. The zero-order valence-electron chi connectivity index (χ0n) is 17.7. The number of nitrogens with zero attached hydrogens (tertiary/aromatic N) is 4. The second-order valence-corrected chi connectivity index (χ2v) is 8.45. The van der Waals surface area contributed by atoms with Crippen LogP contribution in [0.4, 0.5) is 32.3 Å². The van der Waals surface area contributed by atoms with E-state index in [0.717, 1.165) is 12.1 Å². The molecule has 1 aliphatic rings. The predicted molar refractivity (Wildman–Crippen MR) is 107 cm³/mol. The van der Waals surface area contributed by atoms with E-state index in [2.05, 4.69) is 4.98 Å². The van der Waals surface area contributed by atoms with Crippen molar-refractivity contribution in [2.75, 3.05) is 31.1 Å². The highest BCUT2D eigenvalue weighted by molar-refractivity contribution is 5.83. The Morgan fingerprint density at radius 1 is 1.28 bits per heavy atom. The largest absolute Gasteiger partial charge is 0.406 e. The lowest BCUT2D eigenvalue weighted by Crippen LogP contribution is -2.50. The zero-order chi connectivity index (χ0) is 23.8. The van der Waals surface area contributed by atoms with Gasteiger partial charge in [0.15, 0.2) is 11.6 Å². The molecule has 2 aromatic rings. The fourth-order valence-electron chi connectivity index (χ4n) is 3.79. The lowest BCUT2D eigenvalue weighted by Gasteiger charge is -2.34. The Hall–Kier alpha value is -2.50. The van der Waals surface area contributed by atoms with Gasteiger partial charge in [-0.2, -0.15) is 13.2 Å². The van der Waals surface area contributed by atoms with Crippen molar-refractivity contribution in [3.63, 3.8) is 0 Å². The van der Waals surface area contributed by atoms with Crippen LogP contribution < -0.4 is 10.6 Å². The van der Waals surface area contributed by atoms with E-state index >= 15 is 0 Å². The van der Waals surface area contributed by atoms with E-state index in [1.807, 2.05) is 0 Å². The van der Waals surface area contributed by atoms with Crippen molar-refractivity contribution < 1.29 is 31.1 Å². The zero-order valence-corrected chi connectivity index (χ0v) is 17.7. The van der Waals surface area contributed by atoms with Gasteiger partial charge in [-0.3, -0.25) is 4.79 Å². The second-order valence-electron chi connectivity index (χ2n) is 8.45. The molecule has 1 aromatic carbocycles. The van der Waals surface area contributed by atoms with Crippen LogP contribution in [-0.4, -0.2) is 64.9 Å². The van der Waals surface area contributed by atoms with E-state index in [0.29, 0.717) is 4.90 Å². The first-order valence-corrected chi connectivity index (χ1v) is 10.2. The molecule has 1 aromatic heterocycles. The quantitative estimate of drug-likeness (QED) is 0.666. The molecule has 0 bridgehead atoms. The summed E-state index contributed by atoms with van der Waals surface area (Å²) in [4.78, 5) is 19.4. The molecule has 1 saturated heterocycles. The number of carbonyl (C=O) groups is 1. The number of hydrogen-bond acceptors (Lipinski definition) is 4. The molecule has 2 heterocycles. The van der Waals surface area contributed by atoms with E-state index < -0.39 is 49.0 Å². The second kappa shape index (κ2) is 9.16. The average Bonchev–Trinajstić information content (AvgIpc) is 2.99. The van der Waals surface area contributed by atoms with E-state index in [1.165, 1.54) is 4.57 Å². The molecule has 0 spiro atoms. The number of amides is 1. The lowest BCUT2D eigenvalue weighted by molar-refractivity contribution is -0.162. The third-order valence-electron chi connectivity index (χ3n) is 5.23. The molecule has 2 atom stereocenters. The van der Waals surface area contributed by atoms with Crippen LogP contribution in [0.3, 0.4) is 0 Å². The highest BCUT2D eigenvalue weighted by atomic mass is 19.4. The van der Waals surface area contributed by atoms with Gasteiger partial charge in [-0.1, -0.05) is 13.8 Å². The summed E-state index contributed by atoms with van der Waals surface area (Å²) >= 11 is 0. The summed E-state index contributed by atoms with van der Waals surface area (Å²) in [5.74, 6) is -3.33. The number of benzene rings is 1. The number of carbonyl (C=O) groups excluding carboxylic acids is 1. The summed E-state index contributed by atoms with van der Waals surface area (Å²) in [5.41, 5.74) is 5.86. The minimum absolute atomic E-state index is 0.0221. The summed E-state index contributed by atoms with van der Waals surface area (Å²) in [6.07, 6.45) is -5.77. The fourth-order valence-corrected chi connectivity index (χ4v) is 3.79. The molecule has 1 aliphatic heterocycles. The molecule has 12 heteroatoms. The molecule has 1 fully saturated rings. The van der Waals surface area contributed by atoms with Crippen molar-refractivity contribution in [3.8, 4) is 0 Å². The molecule has 178 valence electrons. The van der Waals surface area contributed by atoms with Crippen LogP contribution >= 0.6 is 0 Å². The Kier molecular flexibility index (Phi) is 6.91. The maximum absolute atomic E-state index is 13.9. The minimum Gasteiger partial charge on any atom is -0.340 e. The van der Waals surface area contributed by atoms with Gasteiger partial charge >= 0.3 is 6.18 Å². The third kappa shape index (κ3) is 5.45. The molecular formula is C20H25F6N5O. The van der Waals surface area contributed by atoms with Gasteiger partial charge in [0, 0.05) is 31.8 Å². The number of hydrogen-bond donors (Lipinski definition) is 1. The number of imidazole rings is 1. The topological polar surface area (TPSA) is 67.4 Å². The number of alkyl halides is 4. The number of rotatable bonds is 6. The van der Waals surface area contributed by atoms with Crippen molar-refractivity contribution in [1.82, 2.24) is 14.5 Å². The Morgan fingerprint density at radius 3 is 2.53 bits per heavy atom. The Balaban J connectivity index is 2.01. The van der Waals surface area contributed by atoms with Gasteiger partial charge in [-0.05, 0) is 12.3 Å². The number of aromatic nitrogens is 2. The average molecular weight is 465 g/mol. The molecular weight excluding hydrogens is 440 g/mol. The first-order chi connectivity index (χ1) is 14.9. The highest BCUT2D eigenvalue weighted by Gasteiger charge is 2.34. The number of fused-ring (bicyclic) bond motifs is 1. The Labute approximate surface area is 181 Å². The van der Waals surface area contributed by atoms with Gasteiger partial charge in [0.1, 0.15) is 19.3 Å². The first-order valence-electron chi connectivity index (χ1n) is 10.2. The normalized spacial score (nSPS) is 19.8. The van der Waals surface area contributed by atoms with Crippen molar-refractivity contribution >= 4 is 22.9 Å². The third-order valence-corrected chi connectivity index (χ3v) is 5.23. The summed E-state index contributed by atoms with van der Waals surface area (Å²) in [6, 6.07) is 0.842. The van der Waals surface area contributed by atoms with E-state index in [1.54, 1.807) is 18.7 Å². The van der Waals surface area contributed by atoms with Crippen LogP contribution in [-0.2, 0) is 11.3 Å². The van der Waals surface area contributed by atoms with Gasteiger partial charge in [-0.25, -0.2) is 18.2 Å². The lowest BCUT2D eigenvalue weighted by atomic mass is 10.1. The Bertz CT molecular complexity index is 976. The van der Waals surface area contributed by atoms with Gasteiger partial charge in [0.2, 0.25) is 11.9 Å². The number of anilines is 1. The highest BCUT2D eigenvalue weighted by Crippen LogP contribution is 2.28. The summed E-state index contributed by atoms with van der Waals surface area (Å²) < 4.78 is 81.9. The number of halogens is 6. The molecule has 2 N–H and O–H groups in total. The fraction of sp³-hybridized carbons (Fsp3) is 0.600. The smallest absolute Gasteiger partial charge is 0.340 e. The molecule has 3 rings (SSSR count). The molecule has 0 unspecified atom stereocenters. The molecule has 0 radical (unpaired) electrons. The number of nitrogens with two attached hydrogens (primary N) is 1. The van der Waals surface area contributed by atoms with E-state index in [9.17, 15) is 31.1 Å². The predicted octanol–water partition coefficient (Wildman–Crippen LogP) is 3.24. The summed E-state index contributed by atoms with van der Waals surface area (Å²) in [7, 11) is 0. The first kappa shape index (κ1) is 24.1. The number of piperidine rings is 1. The summed E-state index contributed by atoms with van der Waals surface area (Å²) in [5, 5.41) is 0. The maximum atomic E-state index is 13.9. The summed E-state index contributed by atoms with van der Waals surface area (Å²) in [6.45, 7) is 1.40. The molecule has 32 heavy (non-hydrogen) atoms. The van der Waals surface area contributed by atoms with Crippen LogP contribution in [0.1, 0.15) is 20.3 Å². The van der Waals surface area contributed by atoms with Gasteiger partial charge in [0.05, 0.1) is 17.1 Å². The standard InChI is InChI=1S/C20H25F6N5O/c1-11(2)7-30(10-20(24,25)26)18(32)9-31-17-6-14(23)13(22)5-16(17)28-19(31)29-4-3-12(21)15(27)8-29/h5-6,11-12,15H,3-4,7-10,27H2,1-2H3/t12-,15-/m1/s1. The van der Waals surface area contributed by atoms with Gasteiger partial charge in [0.25, 0.3) is 0 Å². The van der Waals surface area contributed by atoms with Crippen LogP contribution in [0.2, 0.25) is 0 Å². The van der Waals surface area contributed by atoms with Crippen LogP contribution in [0, 0.1) is 17.6 Å². The van der Waals surface area contributed by atoms with Gasteiger partial charge < -0.3 is 20.1 Å². The van der Waals surface area contributed by atoms with Crippen molar-refractivity contribution in [3.05, 3.63) is 23.8 Å². The van der Waals surface area contributed by atoms with Crippen LogP contribution in [0.25, 0.3) is 11.0 Å². The molecule has 6 nitrogen and oxygen atoms in total. The maximum Gasteiger partial charge on any atom is 0.406 e. The Morgan fingerprint density at radius 2 is 1.94 bits per heavy atom. The van der Waals surface area contributed by atoms with Crippen molar-refractivity contribution in [1.29, 1.82) is 0 Å². The molecule has 1 amide bonds. The monoisotopic (exact) mass is 465 g/mol.